The van der Waals surface area contributed by atoms with Crippen molar-refractivity contribution in [1.82, 2.24) is 15.1 Å². The van der Waals surface area contributed by atoms with Crippen molar-refractivity contribution in [1.29, 1.82) is 0 Å². The molecule has 0 spiro atoms. The number of carbonyl (C=O) groups is 1. The Hall–Kier alpha value is -1.36. The summed E-state index contributed by atoms with van der Waals surface area (Å²) in [6.45, 7) is 4.96. The molecule has 2 rings (SSSR count). The summed E-state index contributed by atoms with van der Waals surface area (Å²) in [5, 5.41) is 7.66. The van der Waals surface area contributed by atoms with Gasteiger partial charge in [0, 0.05) is 18.8 Å². The first-order valence-corrected chi connectivity index (χ1v) is 6.61. The Kier molecular flexibility index (Phi) is 4.36. The summed E-state index contributed by atoms with van der Waals surface area (Å²) in [4.78, 5) is 11.8. The van der Waals surface area contributed by atoms with Crippen LogP contribution in [0.2, 0.25) is 0 Å². The molecule has 0 aliphatic heterocycles. The molecule has 18 heavy (non-hydrogen) atoms. The van der Waals surface area contributed by atoms with Crippen LogP contribution in [0.15, 0.2) is 12.3 Å². The molecular weight excluding hydrogens is 230 g/mol. The monoisotopic (exact) mass is 251 g/mol. The summed E-state index contributed by atoms with van der Waals surface area (Å²) in [5.74, 6) is -0.145. The quantitative estimate of drug-likeness (QED) is 0.741. The minimum absolute atomic E-state index is 0.145. The zero-order valence-electron chi connectivity index (χ0n) is 11.1. The zero-order valence-corrected chi connectivity index (χ0v) is 11.1. The molecule has 5 heteroatoms. The van der Waals surface area contributed by atoms with Crippen LogP contribution >= 0.6 is 0 Å². The summed E-state index contributed by atoms with van der Waals surface area (Å²) in [6.07, 6.45) is 4.98. The van der Waals surface area contributed by atoms with Crippen LogP contribution < -0.4 is 5.32 Å². The molecule has 1 aromatic rings. The van der Waals surface area contributed by atoms with Crippen LogP contribution in [-0.2, 0) is 16.1 Å². The van der Waals surface area contributed by atoms with Gasteiger partial charge in [-0.05, 0) is 39.2 Å². The van der Waals surface area contributed by atoms with Crippen molar-refractivity contribution >= 4 is 5.97 Å². The number of aromatic nitrogens is 2. The molecule has 0 amide bonds. The lowest BCUT2D eigenvalue weighted by Crippen LogP contribution is -2.40. The number of hydrogen-bond donors (Lipinski definition) is 1. The highest BCUT2D eigenvalue weighted by molar-refractivity contribution is 5.75. The highest BCUT2D eigenvalue weighted by Crippen LogP contribution is 2.20. The predicted molar refractivity (Wildman–Crippen MR) is 68.2 cm³/mol. The lowest BCUT2D eigenvalue weighted by atomic mass is 10.2. The molecular formula is C13H21N3O2. The molecule has 0 saturated heterocycles. The SMILES string of the molecule is CCOC(=O)C(CCn1ccc(C)n1)NC1CC1. The Morgan fingerprint density at radius 2 is 2.44 bits per heavy atom. The average molecular weight is 251 g/mol. The summed E-state index contributed by atoms with van der Waals surface area (Å²) in [6, 6.07) is 2.26. The van der Waals surface area contributed by atoms with E-state index < -0.39 is 0 Å². The molecule has 0 bridgehead atoms. The fourth-order valence-electron chi connectivity index (χ4n) is 1.90. The minimum Gasteiger partial charge on any atom is -0.465 e. The van der Waals surface area contributed by atoms with Crippen molar-refractivity contribution in [3.8, 4) is 0 Å². The predicted octanol–water partition coefficient (Wildman–Crippen LogP) is 1.27. The summed E-state index contributed by atoms with van der Waals surface area (Å²) < 4.78 is 6.97. The molecule has 1 unspecified atom stereocenters. The van der Waals surface area contributed by atoms with Gasteiger partial charge in [0.2, 0.25) is 0 Å². The molecule has 1 saturated carbocycles. The molecule has 1 N–H and O–H groups in total. The first-order valence-electron chi connectivity index (χ1n) is 6.61. The number of carbonyl (C=O) groups excluding carboxylic acids is 1. The lowest BCUT2D eigenvalue weighted by Gasteiger charge is -2.16. The van der Waals surface area contributed by atoms with Crippen LogP contribution in [0.3, 0.4) is 0 Å². The number of ether oxygens (including phenoxy) is 1. The normalized spacial score (nSPS) is 16.6. The highest BCUT2D eigenvalue weighted by atomic mass is 16.5. The molecule has 1 atom stereocenters. The van der Waals surface area contributed by atoms with E-state index in [0.717, 1.165) is 31.5 Å². The van der Waals surface area contributed by atoms with E-state index >= 15 is 0 Å². The van der Waals surface area contributed by atoms with Crippen LogP contribution in [0.1, 0.15) is 31.9 Å². The third-order valence-electron chi connectivity index (χ3n) is 3.01. The molecule has 0 radical (unpaired) electrons. The van der Waals surface area contributed by atoms with Crippen molar-refractivity contribution in [3.05, 3.63) is 18.0 Å². The van der Waals surface area contributed by atoms with E-state index in [2.05, 4.69) is 10.4 Å². The number of esters is 1. The van der Waals surface area contributed by atoms with Gasteiger partial charge in [-0.15, -0.1) is 0 Å². The Morgan fingerprint density at radius 3 is 3.00 bits per heavy atom. The van der Waals surface area contributed by atoms with Crippen molar-refractivity contribution in [2.24, 2.45) is 0 Å². The van der Waals surface area contributed by atoms with Crippen LogP contribution in [0, 0.1) is 6.92 Å². The molecule has 5 nitrogen and oxygen atoms in total. The van der Waals surface area contributed by atoms with Crippen LogP contribution in [0.5, 0.6) is 0 Å². The van der Waals surface area contributed by atoms with Gasteiger partial charge in [0.05, 0.1) is 12.3 Å². The van der Waals surface area contributed by atoms with Crippen molar-refractivity contribution in [2.45, 2.75) is 51.7 Å². The average Bonchev–Trinajstić information content (AvgIpc) is 3.06. The third-order valence-corrected chi connectivity index (χ3v) is 3.01. The van der Waals surface area contributed by atoms with Gasteiger partial charge in [-0.2, -0.15) is 5.10 Å². The fourth-order valence-corrected chi connectivity index (χ4v) is 1.90. The van der Waals surface area contributed by atoms with Crippen molar-refractivity contribution < 1.29 is 9.53 Å². The Morgan fingerprint density at radius 1 is 1.67 bits per heavy atom. The first kappa shape index (κ1) is 13.1. The number of nitrogens with one attached hydrogen (secondary N) is 1. The summed E-state index contributed by atoms with van der Waals surface area (Å²) in [7, 11) is 0. The second kappa shape index (κ2) is 6.00. The van der Waals surface area contributed by atoms with Crippen LogP contribution in [0.4, 0.5) is 0 Å². The molecule has 100 valence electrons. The molecule has 0 aromatic carbocycles. The van der Waals surface area contributed by atoms with Gasteiger partial charge in [-0.3, -0.25) is 9.48 Å². The number of rotatable bonds is 7. The van der Waals surface area contributed by atoms with Crippen LogP contribution in [-0.4, -0.2) is 34.4 Å². The highest BCUT2D eigenvalue weighted by Gasteiger charge is 2.28. The van der Waals surface area contributed by atoms with Gasteiger partial charge in [0.15, 0.2) is 0 Å². The van der Waals surface area contributed by atoms with Gasteiger partial charge in [-0.25, -0.2) is 0 Å². The molecule has 1 heterocycles. The van der Waals surface area contributed by atoms with E-state index in [4.69, 9.17) is 4.74 Å². The third kappa shape index (κ3) is 3.84. The van der Waals surface area contributed by atoms with E-state index in [-0.39, 0.29) is 12.0 Å². The van der Waals surface area contributed by atoms with Crippen LogP contribution in [0.25, 0.3) is 0 Å². The fraction of sp³-hybridized carbons (Fsp3) is 0.692. The Labute approximate surface area is 108 Å². The lowest BCUT2D eigenvalue weighted by molar-refractivity contribution is -0.146. The molecule has 1 aromatic heterocycles. The van der Waals surface area contributed by atoms with Gasteiger partial charge in [0.25, 0.3) is 0 Å². The van der Waals surface area contributed by atoms with E-state index in [0.29, 0.717) is 12.6 Å². The van der Waals surface area contributed by atoms with E-state index in [1.165, 1.54) is 0 Å². The second-order valence-electron chi connectivity index (χ2n) is 4.75. The standard InChI is InChI=1S/C13H21N3O2/c1-3-18-13(17)12(14-11-4-5-11)7-9-16-8-6-10(2)15-16/h6,8,11-12,14H,3-5,7,9H2,1-2H3. The van der Waals surface area contributed by atoms with Crippen molar-refractivity contribution in [3.63, 3.8) is 0 Å². The topological polar surface area (TPSA) is 56.2 Å². The largest absolute Gasteiger partial charge is 0.465 e. The maximum atomic E-state index is 11.8. The van der Waals surface area contributed by atoms with Gasteiger partial charge in [-0.1, -0.05) is 0 Å². The van der Waals surface area contributed by atoms with Gasteiger partial charge in [0.1, 0.15) is 6.04 Å². The summed E-state index contributed by atoms with van der Waals surface area (Å²) in [5.41, 5.74) is 0.998. The molecule has 1 aliphatic rings. The first-order chi connectivity index (χ1) is 8.69. The summed E-state index contributed by atoms with van der Waals surface area (Å²) >= 11 is 0. The van der Waals surface area contributed by atoms with E-state index in [1.54, 1.807) is 0 Å². The minimum atomic E-state index is -0.207. The van der Waals surface area contributed by atoms with E-state index in [1.807, 2.05) is 30.8 Å². The molecule has 1 aliphatic carbocycles. The zero-order chi connectivity index (χ0) is 13.0. The number of hydrogen-bond acceptors (Lipinski definition) is 4. The van der Waals surface area contributed by atoms with Gasteiger partial charge < -0.3 is 10.1 Å². The maximum Gasteiger partial charge on any atom is 0.323 e. The maximum absolute atomic E-state index is 11.8. The smallest absolute Gasteiger partial charge is 0.323 e. The number of nitrogens with zero attached hydrogens (tertiary/aromatic N) is 2. The van der Waals surface area contributed by atoms with Gasteiger partial charge >= 0.3 is 5.97 Å². The Balaban J connectivity index is 1.85. The van der Waals surface area contributed by atoms with E-state index in [9.17, 15) is 4.79 Å². The Bertz CT molecular complexity index is 399. The second-order valence-corrected chi connectivity index (χ2v) is 4.75. The van der Waals surface area contributed by atoms with Crippen molar-refractivity contribution in [2.75, 3.05) is 6.61 Å². The molecule has 1 fully saturated rings. The number of aryl methyl sites for hydroxylation is 2.